The van der Waals surface area contributed by atoms with Gasteiger partial charge in [0.1, 0.15) is 0 Å². The summed E-state index contributed by atoms with van der Waals surface area (Å²) in [5, 5.41) is 9.12. The minimum absolute atomic E-state index is 0.154. The van der Waals surface area contributed by atoms with Crippen LogP contribution in [0.3, 0.4) is 0 Å². The van der Waals surface area contributed by atoms with Crippen molar-refractivity contribution in [2.75, 3.05) is 26.8 Å². The Morgan fingerprint density at radius 2 is 2.15 bits per heavy atom. The Balaban J connectivity index is 2.77. The van der Waals surface area contributed by atoms with Crippen molar-refractivity contribution in [3.05, 3.63) is 33.8 Å². The van der Waals surface area contributed by atoms with Crippen LogP contribution in [0.2, 0.25) is 0 Å². The summed E-state index contributed by atoms with van der Waals surface area (Å²) in [6.07, 6.45) is 2.24. The number of carbonyl (C=O) groups is 1. The fraction of sp³-hybridized carbons (Fsp3) is 0.533. The molecule has 0 aromatic heterocycles. The summed E-state index contributed by atoms with van der Waals surface area (Å²) in [5.74, 6) is -0.338. The molecule has 0 spiro atoms. The minimum atomic E-state index is -0.338. The van der Waals surface area contributed by atoms with Crippen LogP contribution in [-0.4, -0.2) is 42.8 Å². The van der Waals surface area contributed by atoms with Gasteiger partial charge in [0.15, 0.2) is 0 Å². The van der Waals surface area contributed by atoms with Crippen LogP contribution in [0.1, 0.15) is 35.7 Å². The van der Waals surface area contributed by atoms with Gasteiger partial charge >= 0.3 is 5.97 Å². The van der Waals surface area contributed by atoms with Crippen LogP contribution in [0.4, 0.5) is 0 Å². The van der Waals surface area contributed by atoms with E-state index >= 15 is 0 Å². The van der Waals surface area contributed by atoms with Crippen LogP contribution < -0.4 is 0 Å². The molecule has 0 heterocycles. The number of esters is 1. The summed E-state index contributed by atoms with van der Waals surface area (Å²) in [6.45, 7) is 4.68. The second-order valence-electron chi connectivity index (χ2n) is 4.65. The van der Waals surface area contributed by atoms with Gasteiger partial charge in [0.05, 0.1) is 19.3 Å². The molecule has 0 amide bonds. The van der Waals surface area contributed by atoms with E-state index in [1.165, 1.54) is 7.11 Å². The van der Waals surface area contributed by atoms with Crippen molar-refractivity contribution in [2.24, 2.45) is 0 Å². The number of hydrogen-bond acceptors (Lipinski definition) is 4. The molecule has 1 rings (SSSR count). The number of ether oxygens (including phenoxy) is 1. The average Bonchev–Trinajstić information content (AvgIpc) is 2.46. The van der Waals surface area contributed by atoms with Crippen LogP contribution in [0.5, 0.6) is 0 Å². The molecule has 0 aliphatic heterocycles. The first-order valence-electron chi connectivity index (χ1n) is 6.82. The molecule has 1 aromatic carbocycles. The topological polar surface area (TPSA) is 49.8 Å². The second kappa shape index (κ2) is 9.10. The molecule has 20 heavy (non-hydrogen) atoms. The molecular weight excluding hydrogens is 322 g/mol. The fourth-order valence-electron chi connectivity index (χ4n) is 1.95. The summed E-state index contributed by atoms with van der Waals surface area (Å²) >= 11 is 3.50. The van der Waals surface area contributed by atoms with Gasteiger partial charge in [-0.05, 0) is 30.7 Å². The third kappa shape index (κ3) is 5.23. The molecule has 0 fully saturated rings. The van der Waals surface area contributed by atoms with Gasteiger partial charge in [-0.3, -0.25) is 4.90 Å². The maximum atomic E-state index is 11.5. The van der Waals surface area contributed by atoms with Gasteiger partial charge in [0.2, 0.25) is 0 Å². The molecule has 112 valence electrons. The van der Waals surface area contributed by atoms with E-state index in [0.717, 1.165) is 36.0 Å². The Morgan fingerprint density at radius 1 is 1.40 bits per heavy atom. The minimum Gasteiger partial charge on any atom is -0.465 e. The van der Waals surface area contributed by atoms with Gasteiger partial charge in [-0.25, -0.2) is 4.79 Å². The van der Waals surface area contributed by atoms with Crippen molar-refractivity contribution in [3.8, 4) is 0 Å². The van der Waals surface area contributed by atoms with E-state index in [4.69, 9.17) is 9.84 Å². The Bertz CT molecular complexity index is 437. The largest absolute Gasteiger partial charge is 0.465 e. The van der Waals surface area contributed by atoms with Gasteiger partial charge in [0.25, 0.3) is 0 Å². The second-order valence-corrected chi connectivity index (χ2v) is 5.51. The Labute approximate surface area is 128 Å². The summed E-state index contributed by atoms with van der Waals surface area (Å²) in [7, 11) is 1.37. The molecule has 0 bridgehead atoms. The SMILES string of the molecule is CCCCN(CCO)Cc1ccc(C(=O)OC)cc1Br. The molecule has 0 radical (unpaired) electrons. The first-order valence-corrected chi connectivity index (χ1v) is 7.61. The van der Waals surface area contributed by atoms with E-state index in [1.807, 2.05) is 6.07 Å². The van der Waals surface area contributed by atoms with Crippen molar-refractivity contribution >= 4 is 21.9 Å². The molecule has 0 aliphatic carbocycles. The Morgan fingerprint density at radius 3 is 2.70 bits per heavy atom. The number of aliphatic hydroxyl groups is 1. The highest BCUT2D eigenvalue weighted by atomic mass is 79.9. The average molecular weight is 344 g/mol. The maximum Gasteiger partial charge on any atom is 0.337 e. The molecule has 0 unspecified atom stereocenters. The zero-order valence-corrected chi connectivity index (χ0v) is 13.6. The van der Waals surface area contributed by atoms with E-state index in [9.17, 15) is 4.79 Å². The summed E-state index contributed by atoms with van der Waals surface area (Å²) in [4.78, 5) is 13.7. The lowest BCUT2D eigenvalue weighted by Crippen LogP contribution is -2.27. The predicted octanol–water partition coefficient (Wildman–Crippen LogP) is 2.83. The van der Waals surface area contributed by atoms with Crippen molar-refractivity contribution < 1.29 is 14.6 Å². The first kappa shape index (κ1) is 17.1. The molecule has 4 nitrogen and oxygen atoms in total. The van der Waals surface area contributed by atoms with E-state index in [2.05, 4.69) is 27.8 Å². The molecular formula is C15H22BrNO3. The van der Waals surface area contributed by atoms with Crippen molar-refractivity contribution in [1.29, 1.82) is 0 Å². The van der Waals surface area contributed by atoms with Gasteiger partial charge in [-0.2, -0.15) is 0 Å². The standard InChI is InChI=1S/C15H22BrNO3/c1-3-4-7-17(8-9-18)11-13-6-5-12(10-14(13)16)15(19)20-2/h5-6,10,18H,3-4,7-9,11H2,1-2H3. The highest BCUT2D eigenvalue weighted by molar-refractivity contribution is 9.10. The number of rotatable bonds is 8. The molecule has 0 atom stereocenters. The van der Waals surface area contributed by atoms with Gasteiger partial charge < -0.3 is 9.84 Å². The maximum absolute atomic E-state index is 11.5. The summed E-state index contributed by atoms with van der Waals surface area (Å²) in [6, 6.07) is 5.47. The van der Waals surface area contributed by atoms with E-state index in [0.29, 0.717) is 12.1 Å². The Hall–Kier alpha value is -0.910. The summed E-state index contributed by atoms with van der Waals surface area (Å²) in [5.41, 5.74) is 1.63. The molecule has 1 aromatic rings. The normalized spacial score (nSPS) is 10.8. The Kier molecular flexibility index (Phi) is 7.80. The molecule has 0 saturated carbocycles. The smallest absolute Gasteiger partial charge is 0.337 e. The monoisotopic (exact) mass is 343 g/mol. The lowest BCUT2D eigenvalue weighted by molar-refractivity contribution is 0.0600. The lowest BCUT2D eigenvalue weighted by Gasteiger charge is -2.22. The number of halogens is 1. The number of unbranched alkanes of at least 4 members (excludes halogenated alkanes) is 1. The van der Waals surface area contributed by atoms with E-state index in [1.54, 1.807) is 12.1 Å². The molecule has 0 aliphatic rings. The highest BCUT2D eigenvalue weighted by Gasteiger charge is 2.11. The summed E-state index contributed by atoms with van der Waals surface area (Å²) < 4.78 is 5.59. The van der Waals surface area contributed by atoms with E-state index in [-0.39, 0.29) is 12.6 Å². The number of carbonyl (C=O) groups excluding carboxylic acids is 1. The first-order chi connectivity index (χ1) is 9.62. The molecule has 5 heteroatoms. The van der Waals surface area contributed by atoms with Crippen LogP contribution >= 0.6 is 15.9 Å². The number of benzene rings is 1. The van der Waals surface area contributed by atoms with Crippen LogP contribution in [0.25, 0.3) is 0 Å². The quantitative estimate of drug-likeness (QED) is 0.737. The zero-order chi connectivity index (χ0) is 15.0. The molecule has 0 saturated heterocycles. The fourth-order valence-corrected chi connectivity index (χ4v) is 2.46. The lowest BCUT2D eigenvalue weighted by atomic mass is 10.1. The number of aliphatic hydroxyl groups excluding tert-OH is 1. The van der Waals surface area contributed by atoms with Crippen LogP contribution in [0, 0.1) is 0 Å². The highest BCUT2D eigenvalue weighted by Crippen LogP contribution is 2.21. The number of nitrogens with zero attached hydrogens (tertiary/aromatic N) is 1. The number of methoxy groups -OCH3 is 1. The van der Waals surface area contributed by atoms with Gasteiger partial charge in [-0.1, -0.05) is 35.3 Å². The van der Waals surface area contributed by atoms with Gasteiger partial charge in [-0.15, -0.1) is 0 Å². The third-order valence-electron chi connectivity index (χ3n) is 3.11. The number of hydrogen-bond donors (Lipinski definition) is 1. The van der Waals surface area contributed by atoms with Crippen molar-refractivity contribution in [2.45, 2.75) is 26.3 Å². The predicted molar refractivity (Wildman–Crippen MR) is 82.8 cm³/mol. The van der Waals surface area contributed by atoms with Crippen molar-refractivity contribution in [1.82, 2.24) is 4.90 Å². The van der Waals surface area contributed by atoms with E-state index < -0.39 is 0 Å². The van der Waals surface area contributed by atoms with Crippen LogP contribution in [0.15, 0.2) is 22.7 Å². The van der Waals surface area contributed by atoms with Gasteiger partial charge in [0, 0.05) is 17.6 Å². The zero-order valence-electron chi connectivity index (χ0n) is 12.1. The molecule has 1 N–H and O–H groups in total. The van der Waals surface area contributed by atoms with Crippen molar-refractivity contribution in [3.63, 3.8) is 0 Å². The third-order valence-corrected chi connectivity index (χ3v) is 3.85. The van der Waals surface area contributed by atoms with Crippen LogP contribution in [-0.2, 0) is 11.3 Å².